The van der Waals surface area contributed by atoms with E-state index in [-0.39, 0.29) is 11.1 Å². The van der Waals surface area contributed by atoms with Crippen LogP contribution in [0.15, 0.2) is 109 Å². The molecule has 0 saturated heterocycles. The van der Waals surface area contributed by atoms with Crippen molar-refractivity contribution in [3.63, 3.8) is 0 Å². The SMILES string of the molecule is N#C/C(=C\c1ccc(-c2ccc(-c3ccc(/C=C(/C#N)c4ccc(C(F)(F)F)cc4)cc3)c3nsnc23)cc1)c1ccc(C(F)(F)F)cc1. The largest absolute Gasteiger partial charge is 0.416 e. The molecule has 0 spiro atoms. The smallest absolute Gasteiger partial charge is 0.192 e. The standard InChI is InChI=1S/C38H20F6N4S/c39-37(40,41)31-13-9-25(10-14-31)29(21-45)19-23-1-5-27(6-2-23)33-17-18-34(36-35(33)47-49-48-36)28-7-3-24(4-8-28)20-30(22-46)26-11-15-32(16-12-26)38(42,43)44/h1-20H/b29-19-,30-20+. The van der Waals surface area contributed by atoms with Gasteiger partial charge >= 0.3 is 12.4 Å². The van der Waals surface area contributed by atoms with E-state index in [4.69, 9.17) is 0 Å². The van der Waals surface area contributed by atoms with Crippen LogP contribution in [0.1, 0.15) is 33.4 Å². The zero-order chi connectivity index (χ0) is 34.8. The molecule has 0 saturated carbocycles. The lowest BCUT2D eigenvalue weighted by molar-refractivity contribution is -0.138. The Balaban J connectivity index is 1.23. The van der Waals surface area contributed by atoms with Crippen molar-refractivity contribution >= 4 is 46.1 Å². The molecule has 0 atom stereocenters. The van der Waals surface area contributed by atoms with Crippen LogP contribution in [0, 0.1) is 22.7 Å². The van der Waals surface area contributed by atoms with Crippen LogP contribution in [-0.2, 0) is 12.4 Å². The monoisotopic (exact) mass is 678 g/mol. The number of alkyl halides is 6. The minimum absolute atomic E-state index is 0.224. The lowest BCUT2D eigenvalue weighted by atomic mass is 9.96. The second-order valence-corrected chi connectivity index (χ2v) is 11.4. The fraction of sp³-hybridized carbons (Fsp3) is 0.0526. The summed E-state index contributed by atoms with van der Waals surface area (Å²) < 4.78 is 86.7. The highest BCUT2D eigenvalue weighted by molar-refractivity contribution is 7.00. The van der Waals surface area contributed by atoms with E-state index in [1.807, 2.05) is 60.7 Å². The van der Waals surface area contributed by atoms with Gasteiger partial charge in [0.25, 0.3) is 0 Å². The topological polar surface area (TPSA) is 73.4 Å². The van der Waals surface area contributed by atoms with Crippen LogP contribution in [0.5, 0.6) is 0 Å². The van der Waals surface area contributed by atoms with Crippen LogP contribution in [0.25, 0.3) is 56.6 Å². The van der Waals surface area contributed by atoms with Gasteiger partial charge in [-0.25, -0.2) is 0 Å². The molecule has 6 aromatic rings. The summed E-state index contributed by atoms with van der Waals surface area (Å²) in [7, 11) is 0. The fourth-order valence-electron chi connectivity index (χ4n) is 5.22. The van der Waals surface area contributed by atoms with Crippen LogP contribution in [0.2, 0.25) is 0 Å². The summed E-state index contributed by atoms with van der Waals surface area (Å²) in [5.74, 6) is 0. The molecule has 1 aromatic heterocycles. The van der Waals surface area contributed by atoms with Crippen LogP contribution in [-0.4, -0.2) is 8.75 Å². The number of aromatic nitrogens is 2. The molecule has 0 fully saturated rings. The summed E-state index contributed by atoms with van der Waals surface area (Å²) in [6.07, 6.45) is -5.71. The van der Waals surface area contributed by atoms with Gasteiger partial charge in [-0.05, 0) is 69.8 Å². The number of nitriles is 2. The van der Waals surface area contributed by atoms with E-state index in [2.05, 4.69) is 20.9 Å². The van der Waals surface area contributed by atoms with Gasteiger partial charge in [0.1, 0.15) is 11.0 Å². The van der Waals surface area contributed by atoms with Crippen molar-refractivity contribution in [2.45, 2.75) is 12.4 Å². The number of fused-ring (bicyclic) bond motifs is 1. The summed E-state index contributed by atoms with van der Waals surface area (Å²) in [6, 6.07) is 31.6. The highest BCUT2D eigenvalue weighted by Crippen LogP contribution is 2.36. The van der Waals surface area contributed by atoms with Crippen molar-refractivity contribution in [1.82, 2.24) is 8.75 Å². The maximum absolute atomic E-state index is 12.9. The van der Waals surface area contributed by atoms with E-state index >= 15 is 0 Å². The average Bonchev–Trinajstić information content (AvgIpc) is 3.60. The molecular formula is C38H20F6N4S. The molecule has 240 valence electrons. The number of halogens is 6. The van der Waals surface area contributed by atoms with Gasteiger partial charge < -0.3 is 0 Å². The highest BCUT2D eigenvalue weighted by atomic mass is 32.1. The van der Waals surface area contributed by atoms with Gasteiger partial charge in [-0.2, -0.15) is 45.6 Å². The summed E-state index contributed by atoms with van der Waals surface area (Å²) >= 11 is 1.07. The Morgan fingerprint density at radius 1 is 0.510 bits per heavy atom. The van der Waals surface area contributed by atoms with E-state index in [1.54, 1.807) is 12.2 Å². The second kappa shape index (κ2) is 13.2. The molecule has 0 aliphatic rings. The van der Waals surface area contributed by atoms with Crippen LogP contribution in [0.4, 0.5) is 26.3 Å². The van der Waals surface area contributed by atoms with Crippen molar-refractivity contribution in [3.05, 3.63) is 143 Å². The first-order chi connectivity index (χ1) is 23.4. The molecular weight excluding hydrogens is 659 g/mol. The predicted molar refractivity (Wildman–Crippen MR) is 178 cm³/mol. The first kappa shape index (κ1) is 32.9. The van der Waals surface area contributed by atoms with E-state index in [0.717, 1.165) is 58.2 Å². The first-order valence-electron chi connectivity index (χ1n) is 14.5. The summed E-state index contributed by atoms with van der Waals surface area (Å²) in [5, 5.41) is 19.3. The lowest BCUT2D eigenvalue weighted by Crippen LogP contribution is -2.04. The molecule has 49 heavy (non-hydrogen) atoms. The Morgan fingerprint density at radius 2 is 0.857 bits per heavy atom. The third kappa shape index (κ3) is 7.13. The molecule has 0 aliphatic heterocycles. The third-order valence-corrected chi connectivity index (χ3v) is 8.30. The Hall–Kier alpha value is -6.04. The molecule has 6 rings (SSSR count). The summed E-state index contributed by atoms with van der Waals surface area (Å²) in [6.45, 7) is 0. The van der Waals surface area contributed by atoms with Crippen molar-refractivity contribution in [2.24, 2.45) is 0 Å². The zero-order valence-electron chi connectivity index (χ0n) is 25.0. The minimum Gasteiger partial charge on any atom is -0.192 e. The van der Waals surface area contributed by atoms with Gasteiger partial charge in [0.15, 0.2) is 0 Å². The lowest BCUT2D eigenvalue weighted by Gasteiger charge is -2.09. The third-order valence-electron chi connectivity index (χ3n) is 7.77. The average molecular weight is 679 g/mol. The normalized spacial score (nSPS) is 12.5. The highest BCUT2D eigenvalue weighted by Gasteiger charge is 2.31. The van der Waals surface area contributed by atoms with Gasteiger partial charge in [-0.1, -0.05) is 84.9 Å². The van der Waals surface area contributed by atoms with E-state index in [0.29, 0.717) is 33.3 Å². The van der Waals surface area contributed by atoms with Crippen LogP contribution >= 0.6 is 11.7 Å². The number of hydrogen-bond acceptors (Lipinski definition) is 5. The number of hydrogen-bond donors (Lipinski definition) is 0. The minimum atomic E-state index is -4.46. The quantitative estimate of drug-likeness (QED) is 0.0998. The number of rotatable bonds is 6. The molecule has 1 heterocycles. The van der Waals surface area contributed by atoms with Gasteiger partial charge in [-0.15, -0.1) is 0 Å². The van der Waals surface area contributed by atoms with E-state index in [1.165, 1.54) is 24.3 Å². The molecule has 0 bridgehead atoms. The molecule has 0 radical (unpaired) electrons. The molecule has 11 heteroatoms. The van der Waals surface area contributed by atoms with Crippen LogP contribution in [0.3, 0.4) is 0 Å². The second-order valence-electron chi connectivity index (χ2n) is 10.9. The molecule has 4 nitrogen and oxygen atoms in total. The van der Waals surface area contributed by atoms with Crippen molar-refractivity contribution in [2.75, 3.05) is 0 Å². The molecule has 0 N–H and O–H groups in total. The van der Waals surface area contributed by atoms with Crippen molar-refractivity contribution in [1.29, 1.82) is 10.5 Å². The van der Waals surface area contributed by atoms with E-state index < -0.39 is 23.5 Å². The van der Waals surface area contributed by atoms with Crippen molar-refractivity contribution in [3.8, 4) is 34.4 Å². The Labute approximate surface area is 280 Å². The summed E-state index contributed by atoms with van der Waals surface area (Å²) in [4.78, 5) is 0. The molecule has 5 aromatic carbocycles. The van der Waals surface area contributed by atoms with Crippen LogP contribution < -0.4 is 0 Å². The van der Waals surface area contributed by atoms with Crippen molar-refractivity contribution < 1.29 is 26.3 Å². The summed E-state index contributed by atoms with van der Waals surface area (Å²) in [5.41, 5.74) is 5.74. The Kier molecular flexibility index (Phi) is 8.87. The van der Waals surface area contributed by atoms with Gasteiger partial charge in [0, 0.05) is 11.1 Å². The molecule has 0 amide bonds. The van der Waals surface area contributed by atoms with Gasteiger partial charge in [-0.3, -0.25) is 0 Å². The maximum Gasteiger partial charge on any atom is 0.416 e. The van der Waals surface area contributed by atoms with Gasteiger partial charge in [0.2, 0.25) is 0 Å². The first-order valence-corrected chi connectivity index (χ1v) is 15.2. The maximum atomic E-state index is 12.9. The Morgan fingerprint density at radius 3 is 1.16 bits per heavy atom. The number of allylic oxidation sites excluding steroid dienone is 2. The predicted octanol–water partition coefficient (Wildman–Crippen LogP) is 11.2. The number of nitrogens with zero attached hydrogens (tertiary/aromatic N) is 4. The molecule has 0 aliphatic carbocycles. The Bertz CT molecular complexity index is 2120. The van der Waals surface area contributed by atoms with E-state index in [9.17, 15) is 36.9 Å². The zero-order valence-corrected chi connectivity index (χ0v) is 25.8. The number of benzene rings is 5. The molecule has 0 unspecified atom stereocenters. The van der Waals surface area contributed by atoms with Gasteiger partial charge in [0.05, 0.1) is 46.1 Å². The fourth-order valence-corrected chi connectivity index (χ4v) is 5.80.